The fourth-order valence-corrected chi connectivity index (χ4v) is 4.09. The molecule has 4 rings (SSSR count). The van der Waals surface area contributed by atoms with Crippen LogP contribution in [0.3, 0.4) is 0 Å². The molecule has 0 bridgehead atoms. The van der Waals surface area contributed by atoms with Gasteiger partial charge >= 0.3 is 0 Å². The van der Waals surface area contributed by atoms with Crippen molar-refractivity contribution >= 4 is 23.2 Å². The molecule has 1 unspecified atom stereocenters. The van der Waals surface area contributed by atoms with E-state index in [0.29, 0.717) is 36.7 Å². The van der Waals surface area contributed by atoms with E-state index in [1.54, 1.807) is 18.2 Å². The molecule has 1 atom stereocenters. The van der Waals surface area contributed by atoms with Gasteiger partial charge in [-0.15, -0.1) is 0 Å². The van der Waals surface area contributed by atoms with E-state index in [-0.39, 0.29) is 11.8 Å². The lowest BCUT2D eigenvalue weighted by Gasteiger charge is -2.20. The van der Waals surface area contributed by atoms with Crippen molar-refractivity contribution in [2.24, 2.45) is 0 Å². The van der Waals surface area contributed by atoms with E-state index in [0.717, 1.165) is 37.3 Å². The number of carbonyl (C=O) groups excluding carboxylic acids is 2. The lowest BCUT2D eigenvalue weighted by atomic mass is 10.1. The highest BCUT2D eigenvalue weighted by Crippen LogP contribution is 2.30. The Bertz CT molecular complexity index is 956. The summed E-state index contributed by atoms with van der Waals surface area (Å²) in [5.41, 5.74) is 2.30. The number of nitrogens with one attached hydrogen (secondary N) is 2. The van der Waals surface area contributed by atoms with Gasteiger partial charge in [-0.05, 0) is 55.7 Å². The molecule has 7 nitrogen and oxygen atoms in total. The van der Waals surface area contributed by atoms with E-state index in [9.17, 15) is 9.59 Å². The van der Waals surface area contributed by atoms with Crippen LogP contribution in [0, 0.1) is 0 Å². The van der Waals surface area contributed by atoms with Crippen LogP contribution in [-0.4, -0.2) is 44.2 Å². The predicted octanol–water partition coefficient (Wildman–Crippen LogP) is 3.99. The summed E-state index contributed by atoms with van der Waals surface area (Å²) >= 11 is 0. The average Bonchev–Trinajstić information content (AvgIpc) is 3.24. The highest BCUT2D eigenvalue weighted by Gasteiger charge is 2.22. The highest BCUT2D eigenvalue weighted by atomic mass is 16.5. The van der Waals surface area contributed by atoms with Crippen LogP contribution >= 0.6 is 0 Å². The standard InChI is InChI=1S/C25H31N3O4/c1-2-7-21(25(30)26-19-8-5-9-20(17-19)28-12-3-4-13-28)27-24(29)18-10-11-22-23(16-18)32-15-6-14-31-22/h5,8-11,16-17,21H,2-4,6-7,12-15H2,1H3,(H,26,30)(H,27,29). The Morgan fingerprint density at radius 1 is 1.00 bits per heavy atom. The summed E-state index contributed by atoms with van der Waals surface area (Å²) in [7, 11) is 0. The third-order valence-electron chi connectivity index (χ3n) is 5.79. The minimum absolute atomic E-state index is 0.215. The van der Waals surface area contributed by atoms with E-state index in [4.69, 9.17) is 9.47 Å². The SMILES string of the molecule is CCCC(NC(=O)c1ccc2c(c1)OCCCO2)C(=O)Nc1cccc(N2CCCC2)c1. The highest BCUT2D eigenvalue weighted by molar-refractivity contribution is 6.01. The van der Waals surface area contributed by atoms with Gasteiger partial charge in [0, 0.05) is 36.4 Å². The fraction of sp³-hybridized carbons (Fsp3) is 0.440. The third kappa shape index (κ3) is 5.33. The number of benzene rings is 2. The molecule has 2 aromatic carbocycles. The Balaban J connectivity index is 1.43. The predicted molar refractivity (Wildman–Crippen MR) is 125 cm³/mol. The van der Waals surface area contributed by atoms with Gasteiger partial charge < -0.3 is 25.0 Å². The van der Waals surface area contributed by atoms with Gasteiger partial charge in [0.1, 0.15) is 6.04 Å². The van der Waals surface area contributed by atoms with Crippen LogP contribution in [0.25, 0.3) is 0 Å². The number of rotatable bonds is 7. The normalized spacial score (nSPS) is 16.2. The molecule has 0 saturated carbocycles. The van der Waals surface area contributed by atoms with Crippen molar-refractivity contribution in [2.45, 2.75) is 45.1 Å². The fourth-order valence-electron chi connectivity index (χ4n) is 4.09. The van der Waals surface area contributed by atoms with Crippen LogP contribution < -0.4 is 25.0 Å². The van der Waals surface area contributed by atoms with Gasteiger partial charge in [0.05, 0.1) is 13.2 Å². The first-order chi connectivity index (χ1) is 15.6. The quantitative estimate of drug-likeness (QED) is 0.685. The molecule has 2 heterocycles. The van der Waals surface area contributed by atoms with Crippen molar-refractivity contribution in [1.82, 2.24) is 5.32 Å². The first-order valence-electron chi connectivity index (χ1n) is 11.5. The molecule has 1 fully saturated rings. The smallest absolute Gasteiger partial charge is 0.252 e. The van der Waals surface area contributed by atoms with Crippen LogP contribution in [0.5, 0.6) is 11.5 Å². The van der Waals surface area contributed by atoms with Gasteiger partial charge in [-0.3, -0.25) is 9.59 Å². The topological polar surface area (TPSA) is 79.9 Å². The zero-order valence-electron chi connectivity index (χ0n) is 18.6. The molecule has 0 aromatic heterocycles. The van der Waals surface area contributed by atoms with Gasteiger partial charge in [0.25, 0.3) is 5.91 Å². The zero-order valence-corrected chi connectivity index (χ0v) is 18.6. The first kappa shape index (κ1) is 22.0. The summed E-state index contributed by atoms with van der Waals surface area (Å²) in [5, 5.41) is 5.87. The molecule has 0 radical (unpaired) electrons. The maximum atomic E-state index is 13.0. The summed E-state index contributed by atoms with van der Waals surface area (Å²) in [6.07, 6.45) is 4.51. The Hall–Kier alpha value is -3.22. The number of hydrogen-bond acceptors (Lipinski definition) is 5. The number of carbonyl (C=O) groups is 2. The van der Waals surface area contributed by atoms with Gasteiger partial charge in [-0.2, -0.15) is 0 Å². The Labute approximate surface area is 189 Å². The minimum atomic E-state index is -0.626. The molecular weight excluding hydrogens is 406 g/mol. The van der Waals surface area contributed by atoms with Crippen molar-refractivity contribution in [1.29, 1.82) is 0 Å². The molecule has 32 heavy (non-hydrogen) atoms. The molecule has 2 aromatic rings. The van der Waals surface area contributed by atoms with Gasteiger partial charge in [-0.25, -0.2) is 0 Å². The van der Waals surface area contributed by atoms with Gasteiger partial charge in [0.2, 0.25) is 5.91 Å². The number of hydrogen-bond donors (Lipinski definition) is 2. The second-order valence-electron chi connectivity index (χ2n) is 8.26. The second kappa shape index (κ2) is 10.4. The zero-order chi connectivity index (χ0) is 22.3. The van der Waals surface area contributed by atoms with E-state index in [1.165, 1.54) is 12.8 Å². The summed E-state index contributed by atoms with van der Waals surface area (Å²) in [6, 6.07) is 12.4. The van der Waals surface area contributed by atoms with Crippen molar-refractivity contribution in [2.75, 3.05) is 36.5 Å². The molecule has 2 aliphatic heterocycles. The monoisotopic (exact) mass is 437 g/mol. The summed E-state index contributed by atoms with van der Waals surface area (Å²) in [5.74, 6) is 0.679. The number of anilines is 2. The largest absolute Gasteiger partial charge is 0.490 e. The first-order valence-corrected chi connectivity index (χ1v) is 11.5. The molecule has 170 valence electrons. The summed E-state index contributed by atoms with van der Waals surface area (Å²) in [4.78, 5) is 28.2. The van der Waals surface area contributed by atoms with E-state index >= 15 is 0 Å². The van der Waals surface area contributed by atoms with E-state index < -0.39 is 6.04 Å². The average molecular weight is 438 g/mol. The molecular formula is C25H31N3O4. The summed E-state index contributed by atoms with van der Waals surface area (Å²) < 4.78 is 11.3. The molecule has 7 heteroatoms. The molecule has 0 aliphatic carbocycles. The van der Waals surface area contributed by atoms with Gasteiger partial charge in [0.15, 0.2) is 11.5 Å². The molecule has 0 spiro atoms. The van der Waals surface area contributed by atoms with E-state index in [1.807, 2.05) is 25.1 Å². The molecule has 2 N–H and O–H groups in total. The lowest BCUT2D eigenvalue weighted by Crippen LogP contribution is -2.43. The molecule has 2 amide bonds. The Morgan fingerprint density at radius 2 is 1.78 bits per heavy atom. The number of fused-ring (bicyclic) bond motifs is 1. The Morgan fingerprint density at radius 3 is 2.56 bits per heavy atom. The minimum Gasteiger partial charge on any atom is -0.490 e. The number of amides is 2. The lowest BCUT2D eigenvalue weighted by molar-refractivity contribution is -0.118. The third-order valence-corrected chi connectivity index (χ3v) is 5.79. The van der Waals surface area contributed by atoms with Crippen LogP contribution in [0.2, 0.25) is 0 Å². The molecule has 2 aliphatic rings. The molecule has 1 saturated heterocycles. The van der Waals surface area contributed by atoms with Crippen LogP contribution in [0.1, 0.15) is 49.4 Å². The summed E-state index contributed by atoms with van der Waals surface area (Å²) in [6.45, 7) is 5.22. The van der Waals surface area contributed by atoms with Crippen LogP contribution in [0.4, 0.5) is 11.4 Å². The maximum absolute atomic E-state index is 13.0. The van der Waals surface area contributed by atoms with Crippen molar-refractivity contribution < 1.29 is 19.1 Å². The van der Waals surface area contributed by atoms with Crippen LogP contribution in [0.15, 0.2) is 42.5 Å². The number of ether oxygens (including phenoxy) is 2. The van der Waals surface area contributed by atoms with E-state index in [2.05, 4.69) is 21.6 Å². The Kier molecular flexibility index (Phi) is 7.14. The second-order valence-corrected chi connectivity index (χ2v) is 8.26. The number of nitrogens with zero attached hydrogens (tertiary/aromatic N) is 1. The van der Waals surface area contributed by atoms with Gasteiger partial charge in [-0.1, -0.05) is 19.4 Å². The maximum Gasteiger partial charge on any atom is 0.252 e. The van der Waals surface area contributed by atoms with Crippen LogP contribution in [-0.2, 0) is 4.79 Å². The van der Waals surface area contributed by atoms with Crippen molar-refractivity contribution in [3.63, 3.8) is 0 Å². The van der Waals surface area contributed by atoms with Crippen molar-refractivity contribution in [3.8, 4) is 11.5 Å². The van der Waals surface area contributed by atoms with Crippen molar-refractivity contribution in [3.05, 3.63) is 48.0 Å².